The van der Waals surface area contributed by atoms with Gasteiger partial charge in [-0.15, -0.1) is 10.2 Å². The summed E-state index contributed by atoms with van der Waals surface area (Å²) in [6.07, 6.45) is 1.20. The number of sulfone groups is 1. The summed E-state index contributed by atoms with van der Waals surface area (Å²) >= 11 is 1.31. The number of rotatable bonds is 8. The van der Waals surface area contributed by atoms with Crippen LogP contribution < -0.4 is 10.1 Å². The van der Waals surface area contributed by atoms with Gasteiger partial charge < -0.3 is 14.6 Å². The molecule has 0 unspecified atom stereocenters. The van der Waals surface area contributed by atoms with Gasteiger partial charge in [-0.3, -0.25) is 4.79 Å². The number of carbonyl (C=O) groups is 1. The van der Waals surface area contributed by atoms with Crippen LogP contribution >= 0.6 is 11.8 Å². The summed E-state index contributed by atoms with van der Waals surface area (Å²) in [5.74, 6) is 1.67. The Labute approximate surface area is 197 Å². The second-order valence-corrected chi connectivity index (χ2v) is 11.4. The number of aromatic nitrogens is 3. The zero-order chi connectivity index (χ0) is 23.4. The summed E-state index contributed by atoms with van der Waals surface area (Å²) in [4.78, 5) is 13.3. The van der Waals surface area contributed by atoms with E-state index in [4.69, 9.17) is 4.74 Å². The number of hydrogen-bond donors (Lipinski definition) is 1. The Morgan fingerprint density at radius 1 is 1.21 bits per heavy atom. The van der Waals surface area contributed by atoms with Crippen LogP contribution in [-0.4, -0.2) is 47.7 Å². The van der Waals surface area contributed by atoms with E-state index in [1.54, 1.807) is 13.2 Å². The SMILES string of the molecule is COc1cccc(NC(=O)[C@@H](Sc2nnc(C[C@H]3CCS(=O)(=O)C3)n2C)c2ccccc2)c1. The van der Waals surface area contributed by atoms with Crippen LogP contribution in [0.25, 0.3) is 0 Å². The molecule has 1 aromatic heterocycles. The summed E-state index contributed by atoms with van der Waals surface area (Å²) in [7, 11) is 0.483. The topological polar surface area (TPSA) is 103 Å². The first kappa shape index (κ1) is 23.3. The Hall–Kier alpha value is -2.85. The summed E-state index contributed by atoms with van der Waals surface area (Å²) in [6, 6.07) is 16.7. The number of anilines is 1. The molecule has 0 radical (unpaired) electrons. The Kier molecular flexibility index (Phi) is 7.04. The Balaban J connectivity index is 1.54. The Bertz CT molecular complexity index is 1230. The minimum atomic E-state index is -2.95. The Morgan fingerprint density at radius 2 is 2.00 bits per heavy atom. The highest BCUT2D eigenvalue weighted by atomic mass is 32.2. The molecule has 10 heteroatoms. The van der Waals surface area contributed by atoms with E-state index in [1.807, 2.05) is 60.1 Å². The van der Waals surface area contributed by atoms with E-state index in [9.17, 15) is 13.2 Å². The number of nitrogens with one attached hydrogen (secondary N) is 1. The third-order valence-corrected chi connectivity index (χ3v) is 8.75. The predicted octanol–water partition coefficient (Wildman–Crippen LogP) is 3.27. The van der Waals surface area contributed by atoms with E-state index in [0.29, 0.717) is 29.4 Å². The van der Waals surface area contributed by atoms with Gasteiger partial charge in [-0.2, -0.15) is 0 Å². The van der Waals surface area contributed by atoms with Crippen LogP contribution in [0.15, 0.2) is 59.8 Å². The van der Waals surface area contributed by atoms with Crippen molar-refractivity contribution >= 4 is 33.2 Å². The van der Waals surface area contributed by atoms with Crippen LogP contribution in [0.1, 0.15) is 23.1 Å². The van der Waals surface area contributed by atoms with Gasteiger partial charge in [-0.25, -0.2) is 8.42 Å². The van der Waals surface area contributed by atoms with Crippen molar-refractivity contribution in [1.29, 1.82) is 0 Å². The van der Waals surface area contributed by atoms with E-state index in [2.05, 4.69) is 15.5 Å². The fourth-order valence-corrected chi connectivity index (χ4v) is 6.71. The largest absolute Gasteiger partial charge is 0.497 e. The van der Waals surface area contributed by atoms with Crippen molar-refractivity contribution in [2.45, 2.75) is 23.2 Å². The van der Waals surface area contributed by atoms with Crippen molar-refractivity contribution in [3.63, 3.8) is 0 Å². The number of nitrogens with zero attached hydrogens (tertiary/aromatic N) is 3. The fraction of sp³-hybridized carbons (Fsp3) is 0.348. The highest BCUT2D eigenvalue weighted by molar-refractivity contribution is 8.00. The van der Waals surface area contributed by atoms with E-state index in [1.165, 1.54) is 11.8 Å². The van der Waals surface area contributed by atoms with Crippen molar-refractivity contribution < 1.29 is 17.9 Å². The van der Waals surface area contributed by atoms with E-state index in [0.717, 1.165) is 11.4 Å². The van der Waals surface area contributed by atoms with E-state index in [-0.39, 0.29) is 23.3 Å². The van der Waals surface area contributed by atoms with Gasteiger partial charge >= 0.3 is 0 Å². The monoisotopic (exact) mass is 486 g/mol. The second-order valence-electron chi connectivity index (χ2n) is 8.06. The van der Waals surface area contributed by atoms with Gasteiger partial charge in [0.1, 0.15) is 16.8 Å². The highest BCUT2D eigenvalue weighted by Gasteiger charge is 2.30. The zero-order valence-corrected chi connectivity index (χ0v) is 20.1. The average molecular weight is 487 g/mol. The van der Waals surface area contributed by atoms with E-state index >= 15 is 0 Å². The molecule has 174 valence electrons. The molecule has 0 spiro atoms. The first-order chi connectivity index (χ1) is 15.8. The zero-order valence-electron chi connectivity index (χ0n) is 18.5. The van der Waals surface area contributed by atoms with Gasteiger partial charge in [0, 0.05) is 25.2 Å². The molecular formula is C23H26N4O4S2. The molecule has 3 aromatic rings. The quantitative estimate of drug-likeness (QED) is 0.488. The highest BCUT2D eigenvalue weighted by Crippen LogP contribution is 2.36. The van der Waals surface area contributed by atoms with Crippen LogP contribution in [0.3, 0.4) is 0 Å². The molecule has 2 heterocycles. The molecule has 2 aromatic carbocycles. The minimum Gasteiger partial charge on any atom is -0.497 e. The summed E-state index contributed by atoms with van der Waals surface area (Å²) in [5, 5.41) is 11.6. The molecule has 1 saturated heterocycles. The van der Waals surface area contributed by atoms with Gasteiger partial charge in [-0.1, -0.05) is 48.2 Å². The average Bonchev–Trinajstić information content (AvgIpc) is 3.33. The fourth-order valence-electron chi connectivity index (χ4n) is 3.83. The molecule has 0 saturated carbocycles. The smallest absolute Gasteiger partial charge is 0.242 e. The lowest BCUT2D eigenvalue weighted by Crippen LogP contribution is -2.19. The van der Waals surface area contributed by atoms with Gasteiger partial charge in [0.05, 0.1) is 18.6 Å². The van der Waals surface area contributed by atoms with Crippen LogP contribution in [0.4, 0.5) is 5.69 Å². The number of benzene rings is 2. The van der Waals surface area contributed by atoms with Crippen LogP contribution in [0.5, 0.6) is 5.75 Å². The van der Waals surface area contributed by atoms with Gasteiger partial charge in [0.15, 0.2) is 15.0 Å². The number of amides is 1. The molecule has 4 rings (SSSR count). The van der Waals surface area contributed by atoms with Crippen molar-refractivity contribution in [2.24, 2.45) is 13.0 Å². The number of thioether (sulfide) groups is 1. The molecule has 0 aliphatic carbocycles. The number of methoxy groups -OCH3 is 1. The van der Waals surface area contributed by atoms with Crippen LogP contribution in [0, 0.1) is 5.92 Å². The van der Waals surface area contributed by atoms with Gasteiger partial charge in [0.25, 0.3) is 0 Å². The first-order valence-corrected chi connectivity index (χ1v) is 13.3. The molecule has 1 amide bonds. The lowest BCUT2D eigenvalue weighted by molar-refractivity contribution is -0.115. The van der Waals surface area contributed by atoms with E-state index < -0.39 is 15.1 Å². The minimum absolute atomic E-state index is 0.0528. The Morgan fingerprint density at radius 3 is 2.70 bits per heavy atom. The standard InChI is InChI=1S/C23H26N4O4S2/c1-27-20(13-16-11-12-33(29,30)15-16)25-26-23(27)32-21(17-7-4-3-5-8-17)22(28)24-18-9-6-10-19(14-18)31-2/h3-10,14,16,21H,11-13,15H2,1-2H3,(H,24,28)/t16-,21+/m1/s1. The van der Waals surface area contributed by atoms with Crippen LogP contribution in [-0.2, 0) is 28.1 Å². The van der Waals surface area contributed by atoms with Crippen molar-refractivity contribution in [2.75, 3.05) is 23.9 Å². The molecule has 1 fully saturated rings. The van der Waals surface area contributed by atoms with Gasteiger partial charge in [-0.05, 0) is 30.0 Å². The molecule has 1 aliphatic heterocycles. The molecule has 8 nitrogen and oxygen atoms in total. The number of carbonyl (C=O) groups excluding carboxylic acids is 1. The maximum Gasteiger partial charge on any atom is 0.242 e. The maximum atomic E-state index is 13.3. The lowest BCUT2D eigenvalue weighted by atomic mass is 10.1. The molecule has 1 N–H and O–H groups in total. The number of ether oxygens (including phenoxy) is 1. The molecule has 2 atom stereocenters. The maximum absolute atomic E-state index is 13.3. The lowest BCUT2D eigenvalue weighted by Gasteiger charge is -2.17. The van der Waals surface area contributed by atoms with Gasteiger partial charge in [0.2, 0.25) is 5.91 Å². The normalized spacial score (nSPS) is 18.1. The van der Waals surface area contributed by atoms with Crippen molar-refractivity contribution in [3.8, 4) is 5.75 Å². The van der Waals surface area contributed by atoms with Crippen molar-refractivity contribution in [3.05, 3.63) is 66.0 Å². The summed E-state index contributed by atoms with van der Waals surface area (Å²) < 4.78 is 30.7. The molecule has 1 aliphatic rings. The summed E-state index contributed by atoms with van der Waals surface area (Å²) in [6.45, 7) is 0. The summed E-state index contributed by atoms with van der Waals surface area (Å²) in [5.41, 5.74) is 1.48. The number of hydrogen-bond acceptors (Lipinski definition) is 7. The van der Waals surface area contributed by atoms with Crippen LogP contribution in [0.2, 0.25) is 0 Å². The first-order valence-electron chi connectivity index (χ1n) is 10.6. The molecule has 0 bridgehead atoms. The molecule has 33 heavy (non-hydrogen) atoms. The van der Waals surface area contributed by atoms with Crippen molar-refractivity contribution in [1.82, 2.24) is 14.8 Å². The third-order valence-electron chi connectivity index (χ3n) is 5.62. The third kappa shape index (κ3) is 5.75. The predicted molar refractivity (Wildman–Crippen MR) is 128 cm³/mol. The second kappa shape index (κ2) is 9.96. The molecular weight excluding hydrogens is 460 g/mol.